The highest BCUT2D eigenvalue weighted by Crippen LogP contribution is 2.39. The minimum Gasteiger partial charge on any atom is -0.493 e. The summed E-state index contributed by atoms with van der Waals surface area (Å²) in [6.07, 6.45) is 3.41. The van der Waals surface area contributed by atoms with Crippen LogP contribution in [0.1, 0.15) is 11.1 Å². The van der Waals surface area contributed by atoms with Gasteiger partial charge in [0.2, 0.25) is 5.75 Å². The van der Waals surface area contributed by atoms with E-state index in [0.717, 1.165) is 5.56 Å². The number of ether oxygens (including phenoxy) is 4. The highest BCUT2D eigenvalue weighted by molar-refractivity contribution is 5.80. The lowest BCUT2D eigenvalue weighted by molar-refractivity contribution is -0.385. The topological polar surface area (TPSA) is 106 Å². The van der Waals surface area contributed by atoms with Gasteiger partial charge in [-0.05, 0) is 17.7 Å². The van der Waals surface area contributed by atoms with Gasteiger partial charge in [-0.2, -0.15) is 0 Å². The van der Waals surface area contributed by atoms with Crippen LogP contribution in [0.25, 0.3) is 12.2 Å². The Morgan fingerprint density at radius 1 is 0.885 bits per heavy atom. The van der Waals surface area contributed by atoms with E-state index in [-0.39, 0.29) is 11.4 Å². The Labute approximate surface area is 150 Å². The number of nitrogens with two attached hydrogens (primary N) is 1. The van der Waals surface area contributed by atoms with Gasteiger partial charge in [0.15, 0.2) is 17.2 Å². The van der Waals surface area contributed by atoms with Crippen LogP contribution in [0.3, 0.4) is 0 Å². The first-order chi connectivity index (χ1) is 12.4. The lowest BCUT2D eigenvalue weighted by Gasteiger charge is -2.13. The molecule has 0 amide bonds. The quantitative estimate of drug-likeness (QED) is 0.349. The molecule has 0 radical (unpaired) electrons. The molecule has 0 aromatic heterocycles. The average molecular weight is 360 g/mol. The Morgan fingerprint density at radius 3 is 1.92 bits per heavy atom. The van der Waals surface area contributed by atoms with Gasteiger partial charge in [-0.15, -0.1) is 0 Å². The third-order valence-electron chi connectivity index (χ3n) is 3.72. The number of methoxy groups -OCH3 is 4. The van der Waals surface area contributed by atoms with Crippen molar-refractivity contribution in [2.45, 2.75) is 0 Å². The van der Waals surface area contributed by atoms with Crippen molar-refractivity contribution < 1.29 is 23.9 Å². The van der Waals surface area contributed by atoms with Crippen LogP contribution in [0.2, 0.25) is 0 Å². The van der Waals surface area contributed by atoms with Crippen LogP contribution < -0.4 is 24.7 Å². The second-order valence-corrected chi connectivity index (χ2v) is 5.20. The lowest BCUT2D eigenvalue weighted by atomic mass is 10.1. The van der Waals surface area contributed by atoms with Crippen LogP contribution in [-0.4, -0.2) is 33.4 Å². The fraction of sp³-hybridized carbons (Fsp3) is 0.222. The molecule has 0 bridgehead atoms. The van der Waals surface area contributed by atoms with Crippen molar-refractivity contribution in [2.24, 2.45) is 0 Å². The molecule has 2 rings (SSSR count). The van der Waals surface area contributed by atoms with Gasteiger partial charge in [0.25, 0.3) is 0 Å². The number of nitrogen functional groups attached to an aromatic ring is 1. The van der Waals surface area contributed by atoms with E-state index >= 15 is 0 Å². The minimum atomic E-state index is -0.519. The summed E-state index contributed by atoms with van der Waals surface area (Å²) < 4.78 is 20.9. The van der Waals surface area contributed by atoms with E-state index < -0.39 is 4.92 Å². The number of hydrogen-bond acceptors (Lipinski definition) is 7. The number of nitro benzene ring substituents is 1. The maximum atomic E-state index is 11.2. The van der Waals surface area contributed by atoms with Crippen molar-refractivity contribution >= 4 is 23.5 Å². The fourth-order valence-corrected chi connectivity index (χ4v) is 2.43. The molecular weight excluding hydrogens is 340 g/mol. The fourth-order valence-electron chi connectivity index (χ4n) is 2.43. The third-order valence-corrected chi connectivity index (χ3v) is 3.72. The summed E-state index contributed by atoms with van der Waals surface area (Å²) in [6.45, 7) is 0. The molecule has 0 heterocycles. The molecular formula is C18H20N2O6. The van der Waals surface area contributed by atoms with Crippen LogP contribution in [0.5, 0.6) is 23.0 Å². The van der Waals surface area contributed by atoms with Crippen LogP contribution in [-0.2, 0) is 0 Å². The summed E-state index contributed by atoms with van der Waals surface area (Å²) in [6, 6.07) is 6.30. The second-order valence-electron chi connectivity index (χ2n) is 5.20. The van der Waals surface area contributed by atoms with Gasteiger partial charge in [0.05, 0.1) is 33.4 Å². The standard InChI is InChI=1S/C18H20N2O6/c1-23-15-10-13(19)12(9-14(15)20(21)22)6-5-11-7-16(24-2)18(26-4)17(8-11)25-3/h5-10H,19H2,1-4H3/b6-5-. The SMILES string of the molecule is COc1cc(N)c(/C=C\c2cc(OC)c(OC)c(OC)c2)cc1[N+](=O)[O-]. The summed E-state index contributed by atoms with van der Waals surface area (Å²) in [5, 5.41) is 11.2. The van der Waals surface area contributed by atoms with E-state index in [1.807, 2.05) is 0 Å². The second kappa shape index (κ2) is 8.11. The maximum absolute atomic E-state index is 11.2. The highest BCUT2D eigenvalue weighted by Gasteiger charge is 2.17. The predicted octanol–water partition coefficient (Wildman–Crippen LogP) is 3.38. The molecule has 0 atom stereocenters. The van der Waals surface area contributed by atoms with Crippen molar-refractivity contribution in [3.63, 3.8) is 0 Å². The molecule has 0 aliphatic carbocycles. The van der Waals surface area contributed by atoms with Gasteiger partial charge >= 0.3 is 5.69 Å². The third kappa shape index (κ3) is 3.80. The predicted molar refractivity (Wildman–Crippen MR) is 99.1 cm³/mol. The number of nitrogens with zero attached hydrogens (tertiary/aromatic N) is 1. The normalized spacial score (nSPS) is 10.6. The molecule has 0 unspecified atom stereocenters. The Kier molecular flexibility index (Phi) is 5.90. The van der Waals surface area contributed by atoms with Gasteiger partial charge in [0.1, 0.15) is 0 Å². The summed E-state index contributed by atoms with van der Waals surface area (Å²) in [5.41, 5.74) is 7.40. The number of anilines is 1. The van der Waals surface area contributed by atoms with Crippen LogP contribution in [0, 0.1) is 10.1 Å². The van der Waals surface area contributed by atoms with Crippen molar-refractivity contribution in [1.82, 2.24) is 0 Å². The molecule has 8 heteroatoms. The molecule has 0 saturated carbocycles. The molecule has 2 aromatic carbocycles. The molecule has 0 fully saturated rings. The molecule has 0 aliphatic heterocycles. The summed E-state index contributed by atoms with van der Waals surface area (Å²) in [5.74, 6) is 1.59. The first-order valence-corrected chi connectivity index (χ1v) is 7.55. The average Bonchev–Trinajstić information content (AvgIpc) is 2.65. The first kappa shape index (κ1) is 18.9. The molecule has 0 spiro atoms. The van der Waals surface area contributed by atoms with Gasteiger partial charge in [0, 0.05) is 23.4 Å². The number of rotatable bonds is 7. The van der Waals surface area contributed by atoms with Crippen LogP contribution >= 0.6 is 0 Å². The zero-order chi connectivity index (χ0) is 19.3. The van der Waals surface area contributed by atoms with Gasteiger partial charge in [-0.3, -0.25) is 10.1 Å². The number of hydrogen-bond donors (Lipinski definition) is 1. The Morgan fingerprint density at radius 2 is 1.46 bits per heavy atom. The Hall–Kier alpha value is -3.42. The van der Waals surface area contributed by atoms with Crippen molar-refractivity contribution in [3.05, 3.63) is 45.5 Å². The summed E-state index contributed by atoms with van der Waals surface area (Å²) in [7, 11) is 5.92. The Bertz CT molecular complexity index is 823. The van der Waals surface area contributed by atoms with Crippen molar-refractivity contribution in [3.8, 4) is 23.0 Å². The largest absolute Gasteiger partial charge is 0.493 e. The minimum absolute atomic E-state index is 0.109. The molecule has 26 heavy (non-hydrogen) atoms. The molecule has 0 saturated heterocycles. The highest BCUT2D eigenvalue weighted by atomic mass is 16.6. The molecule has 2 N–H and O–H groups in total. The monoisotopic (exact) mass is 360 g/mol. The van der Waals surface area contributed by atoms with Crippen LogP contribution in [0.4, 0.5) is 11.4 Å². The van der Waals surface area contributed by atoms with E-state index in [1.54, 1.807) is 24.3 Å². The van der Waals surface area contributed by atoms with Gasteiger partial charge in [-0.1, -0.05) is 12.2 Å². The van der Waals surface area contributed by atoms with Crippen LogP contribution in [0.15, 0.2) is 24.3 Å². The zero-order valence-electron chi connectivity index (χ0n) is 14.9. The number of benzene rings is 2. The van der Waals surface area contributed by atoms with Crippen molar-refractivity contribution in [2.75, 3.05) is 34.2 Å². The van der Waals surface area contributed by atoms with E-state index in [1.165, 1.54) is 40.6 Å². The van der Waals surface area contributed by atoms with Gasteiger partial charge < -0.3 is 24.7 Å². The summed E-state index contributed by atoms with van der Waals surface area (Å²) in [4.78, 5) is 10.7. The molecule has 8 nitrogen and oxygen atoms in total. The molecule has 0 aliphatic rings. The Balaban J connectivity index is 2.47. The summed E-state index contributed by atoms with van der Waals surface area (Å²) >= 11 is 0. The maximum Gasteiger partial charge on any atom is 0.311 e. The zero-order valence-corrected chi connectivity index (χ0v) is 14.9. The van der Waals surface area contributed by atoms with E-state index in [4.69, 9.17) is 24.7 Å². The van der Waals surface area contributed by atoms with Gasteiger partial charge in [-0.25, -0.2) is 0 Å². The molecule has 2 aromatic rings. The van der Waals surface area contributed by atoms with Crippen molar-refractivity contribution in [1.29, 1.82) is 0 Å². The lowest BCUT2D eigenvalue weighted by Crippen LogP contribution is -1.98. The van der Waals surface area contributed by atoms with E-state index in [9.17, 15) is 10.1 Å². The molecule has 138 valence electrons. The van der Waals surface area contributed by atoms with E-state index in [0.29, 0.717) is 28.5 Å². The number of nitro groups is 1. The smallest absolute Gasteiger partial charge is 0.311 e. The van der Waals surface area contributed by atoms with E-state index in [2.05, 4.69) is 0 Å². The first-order valence-electron chi connectivity index (χ1n) is 7.55.